The molecule has 2 N–H and O–H groups in total. The molecule has 0 saturated heterocycles. The van der Waals surface area contributed by atoms with E-state index in [-0.39, 0.29) is 11.5 Å². The predicted molar refractivity (Wildman–Crippen MR) is 323 cm³/mol. The SMILES string of the molecule is Oc1ccc(C(=Cc2ccc(-c3c4ccccc4c(-c4ccc(C=C(c5ccc(O)cc5)c5cccc6ccccc56)c(Oc5ccccc5)c4)c4ccc(Oc5ccccc5)cc34)cc2)c2cccc3ccccc23)cc1. The molecule has 4 heteroatoms. The third-order valence-corrected chi connectivity index (χ3v) is 14.6. The molecule has 0 bridgehead atoms. The molecule has 13 rings (SSSR count). The number of hydrogen-bond acceptors (Lipinski definition) is 4. The van der Waals surface area contributed by atoms with Gasteiger partial charge in [0.2, 0.25) is 0 Å². The first-order chi connectivity index (χ1) is 38.5. The molecule has 0 heterocycles. The maximum atomic E-state index is 10.4. The Kier molecular flexibility index (Phi) is 12.6. The van der Waals surface area contributed by atoms with E-state index in [1.807, 2.05) is 84.9 Å². The fraction of sp³-hybridized carbons (Fsp3) is 0. The van der Waals surface area contributed by atoms with Crippen LogP contribution in [0.1, 0.15) is 33.4 Å². The predicted octanol–water partition coefficient (Wildman–Crippen LogP) is 19.8. The van der Waals surface area contributed by atoms with Crippen molar-refractivity contribution >= 4 is 66.4 Å². The van der Waals surface area contributed by atoms with E-state index < -0.39 is 0 Å². The van der Waals surface area contributed by atoms with Gasteiger partial charge in [0.25, 0.3) is 0 Å². The van der Waals surface area contributed by atoms with Gasteiger partial charge in [-0.3, -0.25) is 0 Å². The zero-order valence-electron chi connectivity index (χ0n) is 42.4. The molecule has 370 valence electrons. The summed E-state index contributed by atoms with van der Waals surface area (Å²) in [6.07, 6.45) is 4.45. The highest BCUT2D eigenvalue weighted by Gasteiger charge is 2.21. The number of hydrogen-bond donors (Lipinski definition) is 2. The number of phenolic OH excluding ortho intramolecular Hbond substituents is 2. The van der Waals surface area contributed by atoms with Crippen molar-refractivity contribution in [2.75, 3.05) is 0 Å². The van der Waals surface area contributed by atoms with Crippen molar-refractivity contribution < 1.29 is 19.7 Å². The number of phenols is 2. The molecule has 0 fully saturated rings. The van der Waals surface area contributed by atoms with Crippen molar-refractivity contribution in [2.45, 2.75) is 0 Å². The Bertz CT molecular complexity index is 4400. The molecule has 0 saturated carbocycles. The van der Waals surface area contributed by atoms with Crippen LogP contribution in [0.5, 0.6) is 34.5 Å². The molecule has 0 aromatic heterocycles. The fourth-order valence-electron chi connectivity index (χ4n) is 10.9. The molecule has 0 unspecified atom stereocenters. The van der Waals surface area contributed by atoms with Gasteiger partial charge in [0.15, 0.2) is 0 Å². The largest absolute Gasteiger partial charge is 0.508 e. The Morgan fingerprint density at radius 1 is 0.308 bits per heavy atom. The first-order valence-corrected chi connectivity index (χ1v) is 26.2. The molecule has 13 aromatic rings. The molecular weight excluding hydrogens is 953 g/mol. The third-order valence-electron chi connectivity index (χ3n) is 14.6. The molecule has 0 aliphatic carbocycles. The van der Waals surface area contributed by atoms with Gasteiger partial charge in [-0.05, 0) is 183 Å². The molecule has 0 aliphatic heterocycles. The highest BCUT2D eigenvalue weighted by atomic mass is 16.5. The fourth-order valence-corrected chi connectivity index (χ4v) is 10.9. The lowest BCUT2D eigenvalue weighted by Crippen LogP contribution is -1.95. The number of benzene rings is 13. The summed E-state index contributed by atoms with van der Waals surface area (Å²) in [6, 6.07) is 95.0. The molecule has 0 spiro atoms. The number of para-hydroxylation sites is 2. The second kappa shape index (κ2) is 20.7. The summed E-state index contributed by atoms with van der Waals surface area (Å²) >= 11 is 0. The number of ether oxygens (including phenoxy) is 2. The van der Waals surface area contributed by atoms with Gasteiger partial charge in [-0.15, -0.1) is 0 Å². The van der Waals surface area contributed by atoms with Crippen LogP contribution in [0.2, 0.25) is 0 Å². The van der Waals surface area contributed by atoms with E-state index in [0.29, 0.717) is 5.75 Å². The van der Waals surface area contributed by atoms with E-state index >= 15 is 0 Å². The van der Waals surface area contributed by atoms with Gasteiger partial charge >= 0.3 is 0 Å². The quantitative estimate of drug-likeness (QED) is 0.0946. The monoisotopic (exact) mass is 1000 g/mol. The van der Waals surface area contributed by atoms with Crippen molar-refractivity contribution in [1.29, 1.82) is 0 Å². The van der Waals surface area contributed by atoms with E-state index in [1.54, 1.807) is 24.3 Å². The van der Waals surface area contributed by atoms with E-state index in [9.17, 15) is 10.2 Å². The second-order valence-electron chi connectivity index (χ2n) is 19.5. The zero-order valence-corrected chi connectivity index (χ0v) is 42.4. The average Bonchev–Trinajstić information content (AvgIpc) is 3.62. The highest BCUT2D eigenvalue weighted by Crippen LogP contribution is 2.47. The molecule has 78 heavy (non-hydrogen) atoms. The normalized spacial score (nSPS) is 11.8. The van der Waals surface area contributed by atoms with Crippen LogP contribution in [0.4, 0.5) is 0 Å². The summed E-state index contributed by atoms with van der Waals surface area (Å²) in [6.45, 7) is 0. The number of fused-ring (bicyclic) bond motifs is 4. The first kappa shape index (κ1) is 47.3. The van der Waals surface area contributed by atoms with Gasteiger partial charge in [-0.25, -0.2) is 0 Å². The Morgan fingerprint density at radius 3 is 1.35 bits per heavy atom. The minimum Gasteiger partial charge on any atom is -0.508 e. The first-order valence-electron chi connectivity index (χ1n) is 26.2. The summed E-state index contributed by atoms with van der Waals surface area (Å²) in [7, 11) is 0. The van der Waals surface area contributed by atoms with Crippen LogP contribution in [0.15, 0.2) is 279 Å². The lowest BCUT2D eigenvalue weighted by Gasteiger charge is -2.20. The van der Waals surface area contributed by atoms with Crippen molar-refractivity contribution in [3.8, 4) is 56.8 Å². The maximum Gasteiger partial charge on any atom is 0.135 e. The van der Waals surface area contributed by atoms with Crippen LogP contribution in [-0.2, 0) is 0 Å². The topological polar surface area (TPSA) is 58.9 Å². The van der Waals surface area contributed by atoms with Crippen molar-refractivity contribution in [2.24, 2.45) is 0 Å². The van der Waals surface area contributed by atoms with E-state index in [1.165, 1.54) is 0 Å². The molecular formula is C74H50O4. The summed E-state index contributed by atoms with van der Waals surface area (Å²) in [5, 5.41) is 29.6. The van der Waals surface area contributed by atoms with Crippen molar-refractivity contribution in [3.63, 3.8) is 0 Å². The average molecular weight is 1000 g/mol. The van der Waals surface area contributed by atoms with Gasteiger partial charge in [0, 0.05) is 5.56 Å². The Labute approximate surface area is 453 Å². The smallest absolute Gasteiger partial charge is 0.135 e. The maximum absolute atomic E-state index is 10.4. The minimum absolute atomic E-state index is 0.208. The zero-order chi connectivity index (χ0) is 52.4. The molecule has 0 amide bonds. The summed E-state index contributed by atoms with van der Waals surface area (Å²) < 4.78 is 13.6. The van der Waals surface area contributed by atoms with E-state index in [0.717, 1.165) is 127 Å². The van der Waals surface area contributed by atoms with Crippen LogP contribution in [0.25, 0.3) is 88.6 Å². The summed E-state index contributed by atoms with van der Waals surface area (Å²) in [5.74, 6) is 3.34. The third kappa shape index (κ3) is 9.40. The van der Waals surface area contributed by atoms with Gasteiger partial charge in [-0.2, -0.15) is 0 Å². The standard InChI is InChI=1S/C74H50O4/c75-57-39-35-52(36-40-57)69(64-27-13-17-50-15-7-9-23-62(50)64)45-49-29-31-54(32-30-49)73-66-25-11-12-26-67(66)74(68-44-43-61(48-71(68)73)77-59-19-3-1-4-20-59)56-34-33-55(72(47-56)78-60-21-5-2-6-22-60)46-70(53-37-41-58(76)42-38-53)65-28-14-18-51-16-8-10-24-63(51)65/h1-48,75-76H. The van der Waals surface area contributed by atoms with E-state index in [4.69, 9.17) is 9.47 Å². The Hall–Kier alpha value is -10.4. The highest BCUT2D eigenvalue weighted by molar-refractivity contribution is 6.22. The molecule has 0 atom stereocenters. The van der Waals surface area contributed by atoms with Crippen LogP contribution in [-0.4, -0.2) is 10.2 Å². The molecule has 0 radical (unpaired) electrons. The lowest BCUT2D eigenvalue weighted by molar-refractivity contribution is 0.474. The van der Waals surface area contributed by atoms with Crippen molar-refractivity contribution in [1.82, 2.24) is 0 Å². The van der Waals surface area contributed by atoms with Crippen LogP contribution < -0.4 is 9.47 Å². The van der Waals surface area contributed by atoms with Gasteiger partial charge in [-0.1, -0.05) is 212 Å². The summed E-state index contributed by atoms with van der Waals surface area (Å²) in [4.78, 5) is 0. The van der Waals surface area contributed by atoms with Gasteiger partial charge in [0.1, 0.15) is 34.5 Å². The minimum atomic E-state index is 0.208. The van der Waals surface area contributed by atoms with Crippen LogP contribution >= 0.6 is 0 Å². The van der Waals surface area contributed by atoms with Gasteiger partial charge in [0.05, 0.1) is 0 Å². The van der Waals surface area contributed by atoms with Crippen LogP contribution in [0, 0.1) is 0 Å². The summed E-state index contributed by atoms with van der Waals surface area (Å²) in [5.41, 5.74) is 12.4. The molecule has 0 aliphatic rings. The lowest BCUT2D eigenvalue weighted by atomic mass is 9.85. The molecule has 13 aromatic carbocycles. The van der Waals surface area contributed by atoms with Crippen LogP contribution in [0.3, 0.4) is 0 Å². The Morgan fingerprint density at radius 2 is 0.769 bits per heavy atom. The number of aromatic hydroxyl groups is 2. The van der Waals surface area contributed by atoms with Gasteiger partial charge < -0.3 is 19.7 Å². The molecule has 4 nitrogen and oxygen atoms in total. The van der Waals surface area contributed by atoms with E-state index in [2.05, 4.69) is 182 Å². The Balaban J connectivity index is 0.998. The second-order valence-corrected chi connectivity index (χ2v) is 19.5. The number of rotatable bonds is 12. The van der Waals surface area contributed by atoms with Crippen molar-refractivity contribution in [3.05, 3.63) is 312 Å².